The zero-order valence-corrected chi connectivity index (χ0v) is 12.6. The summed E-state index contributed by atoms with van der Waals surface area (Å²) in [6.45, 7) is -2.72. The van der Waals surface area contributed by atoms with Gasteiger partial charge in [-0.15, -0.1) is 0 Å². The normalized spacial score (nSPS) is 48.2. The molecule has 0 unspecified atom stereocenters. The molecule has 12 nitrogen and oxygen atoms in total. The van der Waals surface area contributed by atoms with Crippen molar-refractivity contribution in [2.45, 2.75) is 48.2 Å². The number of aliphatic hydroxyl groups excluding tert-OH is 8. The van der Waals surface area contributed by atoms with Gasteiger partial charge in [-0.1, -0.05) is 0 Å². The van der Waals surface area contributed by atoms with E-state index in [4.69, 9.17) is 40.9 Å². The van der Waals surface area contributed by atoms with Crippen molar-refractivity contribution in [1.82, 2.24) is 0 Å². The molecule has 0 bridgehead atoms. The summed E-state index contributed by atoms with van der Waals surface area (Å²) in [5.41, 5.74) is 0. The van der Waals surface area contributed by atoms with E-state index in [1.807, 2.05) is 0 Å². The van der Waals surface area contributed by atoms with E-state index >= 15 is 0 Å². The average molecular weight is 360 g/mol. The molecule has 2 aliphatic rings. The summed E-state index contributed by atoms with van der Waals surface area (Å²) in [5, 5.41) is 89.4. The third kappa shape index (κ3) is 4.01. The lowest BCUT2D eigenvalue weighted by Crippen LogP contribution is -2.46. The summed E-state index contributed by atoms with van der Waals surface area (Å²) in [6.07, 6.45) is -8.08. The maximum Gasteiger partial charge on any atom is 0.219 e. The first-order valence-electron chi connectivity index (χ1n) is 7.06. The van der Waals surface area contributed by atoms with Crippen LogP contribution in [0.4, 0.5) is 0 Å². The summed E-state index contributed by atoms with van der Waals surface area (Å²) in [7, 11) is 0. The monoisotopic (exact) mass is 360 g/mol. The van der Waals surface area contributed by atoms with Crippen LogP contribution >= 0.6 is 0 Å². The van der Waals surface area contributed by atoms with Crippen molar-refractivity contribution in [3.05, 3.63) is 0 Å². The van der Waals surface area contributed by atoms with Crippen LogP contribution in [0.25, 0.3) is 0 Å². The smallest absolute Gasteiger partial charge is 0.219 e. The Morgan fingerprint density at radius 1 is 0.625 bits per heavy atom. The fourth-order valence-corrected chi connectivity index (χ4v) is 2.30. The van der Waals surface area contributed by atoms with E-state index in [0.29, 0.717) is 0 Å². The predicted molar refractivity (Wildman–Crippen MR) is 72.0 cm³/mol. The van der Waals surface area contributed by atoms with Crippen molar-refractivity contribution in [1.29, 1.82) is 0 Å². The lowest BCUT2D eigenvalue weighted by molar-refractivity contribution is -0.248. The average Bonchev–Trinajstić information content (AvgIpc) is 2.96. The largest absolute Gasteiger partial charge is 0.394 e. The number of hydrogen-bond acceptors (Lipinski definition) is 12. The molecule has 0 aromatic heterocycles. The van der Waals surface area contributed by atoms with Crippen molar-refractivity contribution < 1.29 is 60.5 Å². The van der Waals surface area contributed by atoms with Gasteiger partial charge >= 0.3 is 0 Å². The van der Waals surface area contributed by atoms with Gasteiger partial charge in [-0.25, -0.2) is 0 Å². The van der Waals surface area contributed by atoms with Crippen LogP contribution in [0, 0.1) is 0 Å². The lowest BCUT2D eigenvalue weighted by atomic mass is 10.1. The van der Waals surface area contributed by atoms with Gasteiger partial charge in [0.15, 0.2) is 0 Å². The minimum atomic E-state index is -2.16. The molecule has 10 N–H and O–H groups in total. The van der Waals surface area contributed by atoms with Gasteiger partial charge in [-0.05, 0) is 0 Å². The van der Waals surface area contributed by atoms with Crippen molar-refractivity contribution >= 4 is 0 Å². The molecule has 0 spiro atoms. The summed E-state index contributed by atoms with van der Waals surface area (Å²) < 4.78 is 9.25. The first-order valence-corrected chi connectivity index (χ1v) is 7.06. The van der Waals surface area contributed by atoms with Crippen molar-refractivity contribution in [2.75, 3.05) is 26.4 Å². The molecule has 0 aliphatic carbocycles. The van der Waals surface area contributed by atoms with E-state index in [1.54, 1.807) is 0 Å². The van der Waals surface area contributed by atoms with Gasteiger partial charge in [0.05, 0.1) is 26.4 Å². The molecule has 2 heterocycles. The van der Waals surface area contributed by atoms with Crippen LogP contribution in [-0.2, 0) is 9.47 Å². The molecule has 0 aromatic carbocycles. The SMILES string of the molecule is OC[C@H]1O[C@](O)(CO)[C@@H](O)[C@@H]1O.OC[C@H]1O[C@](O)(CO)[C@@H](O)[C@@H]1O. The summed E-state index contributed by atoms with van der Waals surface area (Å²) in [4.78, 5) is 0. The van der Waals surface area contributed by atoms with Gasteiger partial charge in [-0.2, -0.15) is 0 Å². The molecule has 144 valence electrons. The number of hydrogen-bond donors (Lipinski definition) is 10. The Bertz CT molecular complexity index is 360. The van der Waals surface area contributed by atoms with Crippen molar-refractivity contribution in [3.8, 4) is 0 Å². The van der Waals surface area contributed by atoms with Crippen LogP contribution in [-0.4, -0.2) is 126 Å². The van der Waals surface area contributed by atoms with Gasteiger partial charge < -0.3 is 60.5 Å². The van der Waals surface area contributed by atoms with Gasteiger partial charge in [0.2, 0.25) is 11.6 Å². The van der Waals surface area contributed by atoms with Crippen LogP contribution in [0.15, 0.2) is 0 Å². The Hall–Kier alpha value is -0.480. The molecular weight excluding hydrogens is 336 g/mol. The number of aliphatic hydroxyl groups is 10. The molecule has 2 aliphatic heterocycles. The highest BCUT2D eigenvalue weighted by molar-refractivity contribution is 4.95. The van der Waals surface area contributed by atoms with Crippen molar-refractivity contribution in [3.63, 3.8) is 0 Å². The first-order chi connectivity index (χ1) is 11.1. The molecule has 0 amide bonds. The highest BCUT2D eigenvalue weighted by Gasteiger charge is 2.53. The summed E-state index contributed by atoms with van der Waals surface area (Å²) >= 11 is 0. The highest BCUT2D eigenvalue weighted by atomic mass is 16.7. The van der Waals surface area contributed by atoms with Gasteiger partial charge in [0.25, 0.3) is 0 Å². The Labute approximate surface area is 136 Å². The molecule has 0 radical (unpaired) electrons. The molecule has 8 atom stereocenters. The van der Waals surface area contributed by atoms with Crippen LogP contribution in [0.3, 0.4) is 0 Å². The van der Waals surface area contributed by atoms with E-state index < -0.39 is 74.6 Å². The molecule has 2 saturated heterocycles. The zero-order valence-electron chi connectivity index (χ0n) is 12.6. The quantitative estimate of drug-likeness (QED) is 0.226. The molecule has 2 rings (SSSR count). The fraction of sp³-hybridized carbons (Fsp3) is 1.00. The van der Waals surface area contributed by atoms with E-state index in [-0.39, 0.29) is 0 Å². The highest BCUT2D eigenvalue weighted by Crippen LogP contribution is 2.29. The Kier molecular flexibility index (Phi) is 7.43. The number of ether oxygens (including phenoxy) is 2. The van der Waals surface area contributed by atoms with Gasteiger partial charge in [0.1, 0.15) is 36.6 Å². The molecule has 0 aromatic rings. The van der Waals surface area contributed by atoms with E-state index in [9.17, 15) is 10.2 Å². The fourth-order valence-electron chi connectivity index (χ4n) is 2.30. The topological polar surface area (TPSA) is 221 Å². The maximum absolute atomic E-state index is 9.25. The minimum Gasteiger partial charge on any atom is -0.394 e. The van der Waals surface area contributed by atoms with Gasteiger partial charge in [-0.3, -0.25) is 0 Å². The van der Waals surface area contributed by atoms with Crippen molar-refractivity contribution in [2.24, 2.45) is 0 Å². The standard InChI is InChI=1S/2C6H12O6/c2*7-1-3-4(9)5(10)6(11,2-8)12-3/h2*3-5,7-11H,1-2H2/t2*3-,4-,5+,6-/m11/s1. The zero-order chi connectivity index (χ0) is 18.7. The van der Waals surface area contributed by atoms with Crippen LogP contribution in [0.5, 0.6) is 0 Å². The van der Waals surface area contributed by atoms with E-state index in [2.05, 4.69) is 9.47 Å². The third-order valence-corrected chi connectivity index (χ3v) is 3.86. The minimum absolute atomic E-state index is 0.527. The molecule has 24 heavy (non-hydrogen) atoms. The summed E-state index contributed by atoms with van der Waals surface area (Å²) in [5.74, 6) is -4.32. The Morgan fingerprint density at radius 3 is 1.04 bits per heavy atom. The van der Waals surface area contributed by atoms with E-state index in [1.165, 1.54) is 0 Å². The Balaban J connectivity index is 0.000000240. The molecule has 2 fully saturated rings. The molecule has 12 heteroatoms. The van der Waals surface area contributed by atoms with E-state index in [0.717, 1.165) is 0 Å². The van der Waals surface area contributed by atoms with Crippen LogP contribution in [0.2, 0.25) is 0 Å². The second-order valence-corrected chi connectivity index (χ2v) is 5.55. The van der Waals surface area contributed by atoms with Crippen LogP contribution < -0.4 is 0 Å². The molecular formula is C12H24O12. The number of rotatable bonds is 4. The second-order valence-electron chi connectivity index (χ2n) is 5.55. The third-order valence-electron chi connectivity index (χ3n) is 3.86. The Morgan fingerprint density at radius 2 is 0.917 bits per heavy atom. The van der Waals surface area contributed by atoms with Gasteiger partial charge in [0, 0.05) is 0 Å². The lowest BCUT2D eigenvalue weighted by Gasteiger charge is -2.22. The maximum atomic E-state index is 9.25. The second kappa shape index (κ2) is 8.27. The summed E-state index contributed by atoms with van der Waals surface area (Å²) in [6, 6.07) is 0. The first kappa shape index (κ1) is 21.6. The predicted octanol–water partition coefficient (Wildman–Crippen LogP) is -6.44. The van der Waals surface area contributed by atoms with Crippen LogP contribution in [0.1, 0.15) is 0 Å². The molecule has 0 saturated carbocycles.